The number of rotatable bonds is 2. The molecule has 1 saturated heterocycles. The molecule has 0 aliphatic carbocycles. The van der Waals surface area contributed by atoms with Crippen LogP contribution < -0.4 is 5.32 Å². The highest BCUT2D eigenvalue weighted by atomic mass is 16.2. The zero-order valence-electron chi connectivity index (χ0n) is 9.92. The highest BCUT2D eigenvalue weighted by molar-refractivity contribution is 5.95. The van der Waals surface area contributed by atoms with Crippen molar-refractivity contribution in [3.63, 3.8) is 0 Å². The third-order valence-corrected chi connectivity index (χ3v) is 3.30. The van der Waals surface area contributed by atoms with Gasteiger partial charge in [-0.1, -0.05) is 0 Å². The first kappa shape index (κ1) is 11.2. The summed E-state index contributed by atoms with van der Waals surface area (Å²) >= 11 is 0. The lowest BCUT2D eigenvalue weighted by molar-refractivity contribution is 0.0697. The van der Waals surface area contributed by atoms with Gasteiger partial charge in [-0.05, 0) is 32.9 Å². The van der Waals surface area contributed by atoms with Crippen LogP contribution in [-0.2, 0) is 0 Å². The van der Waals surface area contributed by atoms with Crippen LogP contribution in [0, 0.1) is 6.92 Å². The fourth-order valence-corrected chi connectivity index (χ4v) is 2.25. The molecule has 0 saturated carbocycles. The standard InChI is InChI=1S/C12H19N3O/c1-9-11(5-6-14-9)12(16)15-7-3-4-10(8-15)13-2/h5-6,10,13-14H,3-4,7-8H2,1-2H3. The summed E-state index contributed by atoms with van der Waals surface area (Å²) in [5.74, 6) is 0.152. The molecule has 1 atom stereocenters. The minimum absolute atomic E-state index is 0.152. The third-order valence-electron chi connectivity index (χ3n) is 3.30. The van der Waals surface area contributed by atoms with Gasteiger partial charge in [-0.3, -0.25) is 4.79 Å². The topological polar surface area (TPSA) is 48.1 Å². The van der Waals surface area contributed by atoms with E-state index in [4.69, 9.17) is 0 Å². The van der Waals surface area contributed by atoms with Crippen molar-refractivity contribution in [2.75, 3.05) is 20.1 Å². The molecule has 1 fully saturated rings. The summed E-state index contributed by atoms with van der Waals surface area (Å²) in [6.07, 6.45) is 4.06. The second-order valence-electron chi connectivity index (χ2n) is 4.40. The lowest BCUT2D eigenvalue weighted by Gasteiger charge is -2.32. The molecule has 4 nitrogen and oxygen atoms in total. The molecule has 1 amide bonds. The van der Waals surface area contributed by atoms with Crippen LogP contribution in [0.4, 0.5) is 0 Å². The van der Waals surface area contributed by atoms with E-state index in [0.717, 1.165) is 37.2 Å². The van der Waals surface area contributed by atoms with Crippen LogP contribution in [-0.4, -0.2) is 42.0 Å². The number of aromatic nitrogens is 1. The van der Waals surface area contributed by atoms with Crippen molar-refractivity contribution in [1.29, 1.82) is 0 Å². The minimum atomic E-state index is 0.152. The number of nitrogens with zero attached hydrogens (tertiary/aromatic N) is 1. The van der Waals surface area contributed by atoms with Gasteiger partial charge in [0.25, 0.3) is 5.91 Å². The average molecular weight is 221 g/mol. The second kappa shape index (κ2) is 4.70. The Morgan fingerprint density at radius 1 is 1.62 bits per heavy atom. The summed E-state index contributed by atoms with van der Waals surface area (Å²) in [5.41, 5.74) is 1.76. The molecule has 4 heteroatoms. The first-order valence-corrected chi connectivity index (χ1v) is 5.83. The minimum Gasteiger partial charge on any atom is -0.365 e. The van der Waals surface area contributed by atoms with Gasteiger partial charge >= 0.3 is 0 Å². The molecule has 1 unspecified atom stereocenters. The predicted molar refractivity (Wildman–Crippen MR) is 63.5 cm³/mol. The van der Waals surface area contributed by atoms with Crippen molar-refractivity contribution < 1.29 is 4.79 Å². The molecule has 16 heavy (non-hydrogen) atoms. The Labute approximate surface area is 96.0 Å². The number of likely N-dealkylation sites (tertiary alicyclic amines) is 1. The van der Waals surface area contributed by atoms with Crippen molar-refractivity contribution in [3.8, 4) is 0 Å². The molecule has 1 aliphatic rings. The number of hydrogen-bond donors (Lipinski definition) is 2. The number of hydrogen-bond acceptors (Lipinski definition) is 2. The van der Waals surface area contributed by atoms with E-state index in [2.05, 4.69) is 10.3 Å². The van der Waals surface area contributed by atoms with Crippen LogP contribution in [0.5, 0.6) is 0 Å². The van der Waals surface area contributed by atoms with E-state index < -0.39 is 0 Å². The van der Waals surface area contributed by atoms with Gasteiger partial charge in [-0.2, -0.15) is 0 Å². The third kappa shape index (κ3) is 2.11. The SMILES string of the molecule is CNC1CCCN(C(=O)c2cc[nH]c2C)C1. The number of likely N-dealkylation sites (N-methyl/N-ethyl adjacent to an activating group) is 1. The molecule has 1 aromatic heterocycles. The average Bonchev–Trinajstić information content (AvgIpc) is 2.74. The van der Waals surface area contributed by atoms with E-state index in [1.165, 1.54) is 0 Å². The van der Waals surface area contributed by atoms with E-state index >= 15 is 0 Å². The first-order valence-electron chi connectivity index (χ1n) is 5.83. The molecule has 0 bridgehead atoms. The van der Waals surface area contributed by atoms with Crippen molar-refractivity contribution in [1.82, 2.24) is 15.2 Å². The highest BCUT2D eigenvalue weighted by Crippen LogP contribution is 2.15. The van der Waals surface area contributed by atoms with Crippen molar-refractivity contribution >= 4 is 5.91 Å². The normalized spacial score (nSPS) is 21.1. The first-order chi connectivity index (χ1) is 7.72. The maximum absolute atomic E-state index is 12.2. The summed E-state index contributed by atoms with van der Waals surface area (Å²) < 4.78 is 0. The van der Waals surface area contributed by atoms with Crippen LogP contribution in [0.3, 0.4) is 0 Å². The lowest BCUT2D eigenvalue weighted by Crippen LogP contribution is -2.47. The Morgan fingerprint density at radius 3 is 3.06 bits per heavy atom. The van der Waals surface area contributed by atoms with E-state index in [-0.39, 0.29) is 5.91 Å². The molecule has 2 heterocycles. The van der Waals surface area contributed by atoms with Crippen LogP contribution in [0.1, 0.15) is 28.9 Å². The van der Waals surface area contributed by atoms with Gasteiger partial charge in [0.1, 0.15) is 0 Å². The summed E-state index contributed by atoms with van der Waals surface area (Å²) in [7, 11) is 1.96. The number of aromatic amines is 1. The summed E-state index contributed by atoms with van der Waals surface area (Å²) in [6, 6.07) is 2.30. The Morgan fingerprint density at radius 2 is 2.44 bits per heavy atom. The maximum atomic E-state index is 12.2. The van der Waals surface area contributed by atoms with Gasteiger partial charge in [-0.25, -0.2) is 0 Å². The molecule has 0 aromatic carbocycles. The monoisotopic (exact) mass is 221 g/mol. The number of aryl methyl sites for hydroxylation is 1. The Bertz CT molecular complexity index is 372. The van der Waals surface area contributed by atoms with Gasteiger partial charge in [-0.15, -0.1) is 0 Å². The van der Waals surface area contributed by atoms with Crippen LogP contribution in [0.15, 0.2) is 12.3 Å². The number of amides is 1. The molecule has 1 aromatic rings. The number of H-pyrrole nitrogens is 1. The molecule has 88 valence electrons. The molecule has 2 rings (SSSR count). The van der Waals surface area contributed by atoms with Crippen molar-refractivity contribution in [3.05, 3.63) is 23.5 Å². The van der Waals surface area contributed by atoms with Crippen LogP contribution >= 0.6 is 0 Å². The summed E-state index contributed by atoms with van der Waals surface area (Å²) in [4.78, 5) is 17.2. The van der Waals surface area contributed by atoms with Gasteiger partial charge in [0.15, 0.2) is 0 Å². The summed E-state index contributed by atoms with van der Waals surface area (Å²) in [5, 5.41) is 3.25. The quantitative estimate of drug-likeness (QED) is 0.787. The second-order valence-corrected chi connectivity index (χ2v) is 4.40. The Balaban J connectivity index is 2.07. The fraction of sp³-hybridized carbons (Fsp3) is 0.583. The molecule has 0 radical (unpaired) electrons. The number of piperidine rings is 1. The van der Waals surface area contributed by atoms with Gasteiger partial charge in [0.05, 0.1) is 5.56 Å². The number of carbonyl (C=O) groups is 1. The zero-order chi connectivity index (χ0) is 11.5. The van der Waals surface area contributed by atoms with Crippen molar-refractivity contribution in [2.24, 2.45) is 0 Å². The van der Waals surface area contributed by atoms with Gasteiger partial charge in [0, 0.05) is 31.0 Å². The molecular formula is C12H19N3O. The van der Waals surface area contributed by atoms with Gasteiger partial charge < -0.3 is 15.2 Å². The molecular weight excluding hydrogens is 202 g/mol. The maximum Gasteiger partial charge on any atom is 0.255 e. The zero-order valence-corrected chi connectivity index (χ0v) is 9.92. The fourth-order valence-electron chi connectivity index (χ4n) is 2.25. The van der Waals surface area contributed by atoms with E-state index in [1.807, 2.05) is 31.1 Å². The van der Waals surface area contributed by atoms with E-state index in [1.54, 1.807) is 0 Å². The van der Waals surface area contributed by atoms with Crippen LogP contribution in [0.2, 0.25) is 0 Å². The number of carbonyl (C=O) groups excluding carboxylic acids is 1. The van der Waals surface area contributed by atoms with Gasteiger partial charge in [0.2, 0.25) is 0 Å². The molecule has 1 aliphatic heterocycles. The predicted octanol–water partition coefficient (Wildman–Crippen LogP) is 1.15. The number of nitrogens with one attached hydrogen (secondary N) is 2. The van der Waals surface area contributed by atoms with E-state index in [0.29, 0.717) is 6.04 Å². The van der Waals surface area contributed by atoms with Crippen LogP contribution in [0.25, 0.3) is 0 Å². The highest BCUT2D eigenvalue weighted by Gasteiger charge is 2.24. The van der Waals surface area contributed by atoms with E-state index in [9.17, 15) is 4.79 Å². The largest absolute Gasteiger partial charge is 0.365 e. The van der Waals surface area contributed by atoms with Crippen molar-refractivity contribution in [2.45, 2.75) is 25.8 Å². The molecule has 2 N–H and O–H groups in total. The lowest BCUT2D eigenvalue weighted by atomic mass is 10.0. The Hall–Kier alpha value is -1.29. The smallest absolute Gasteiger partial charge is 0.255 e. The Kier molecular flexibility index (Phi) is 3.29. The summed E-state index contributed by atoms with van der Waals surface area (Å²) in [6.45, 7) is 3.63. The molecule has 0 spiro atoms.